The Morgan fingerprint density at radius 1 is 1.22 bits per heavy atom. The van der Waals surface area contributed by atoms with Gasteiger partial charge >= 0.3 is 11.7 Å². The summed E-state index contributed by atoms with van der Waals surface area (Å²) in [6.07, 6.45) is 2.56. The predicted octanol–water partition coefficient (Wildman–Crippen LogP) is 2.67. The summed E-state index contributed by atoms with van der Waals surface area (Å²) in [7, 11) is 1.26. The van der Waals surface area contributed by atoms with Crippen LogP contribution in [-0.2, 0) is 4.79 Å². The van der Waals surface area contributed by atoms with E-state index in [1.54, 1.807) is 0 Å². The topological polar surface area (TPSA) is 136 Å². The summed E-state index contributed by atoms with van der Waals surface area (Å²) in [4.78, 5) is 32.9. The molecule has 0 fully saturated rings. The van der Waals surface area contributed by atoms with Crippen molar-refractivity contribution in [3.63, 3.8) is 0 Å². The van der Waals surface area contributed by atoms with Gasteiger partial charge in [0.15, 0.2) is 18.1 Å². The van der Waals surface area contributed by atoms with Gasteiger partial charge in [-0.2, -0.15) is 0 Å². The molecule has 0 spiro atoms. The average molecular weight is 373 g/mol. The molecule has 2 aromatic carbocycles. The lowest BCUT2D eigenvalue weighted by molar-refractivity contribution is -0.386. The van der Waals surface area contributed by atoms with Gasteiger partial charge < -0.3 is 19.7 Å². The van der Waals surface area contributed by atoms with Crippen LogP contribution in [-0.4, -0.2) is 40.6 Å². The van der Waals surface area contributed by atoms with Gasteiger partial charge in [-0.05, 0) is 42.0 Å². The van der Waals surface area contributed by atoms with Crippen LogP contribution in [0.15, 0.2) is 42.5 Å². The Balaban J connectivity index is 2.17. The summed E-state index contributed by atoms with van der Waals surface area (Å²) in [5.74, 6) is -1.87. The van der Waals surface area contributed by atoms with Crippen molar-refractivity contribution in [1.82, 2.24) is 0 Å². The first-order valence-corrected chi connectivity index (χ1v) is 7.54. The summed E-state index contributed by atoms with van der Waals surface area (Å²) in [5.41, 5.74) is 0.0710. The fourth-order valence-corrected chi connectivity index (χ4v) is 2.13. The lowest BCUT2D eigenvalue weighted by atomic mass is 10.1. The van der Waals surface area contributed by atoms with Gasteiger partial charge in [0.2, 0.25) is 5.75 Å². The molecular weight excluding hydrogens is 358 g/mol. The van der Waals surface area contributed by atoms with Crippen LogP contribution < -0.4 is 9.47 Å². The zero-order valence-electron chi connectivity index (χ0n) is 14.1. The van der Waals surface area contributed by atoms with Crippen LogP contribution in [0.4, 0.5) is 5.69 Å². The number of ether oxygens (including phenoxy) is 2. The van der Waals surface area contributed by atoms with E-state index >= 15 is 0 Å². The number of hydrogen-bond acceptors (Lipinski definition) is 7. The number of aromatic hydroxyl groups is 1. The molecule has 0 aliphatic rings. The molecule has 0 atom stereocenters. The van der Waals surface area contributed by atoms with Gasteiger partial charge in [-0.25, -0.2) is 4.79 Å². The molecule has 2 aromatic rings. The van der Waals surface area contributed by atoms with Gasteiger partial charge in [-0.1, -0.05) is 6.08 Å². The number of nitro benzene ring substituents is 1. The molecule has 0 unspecified atom stereocenters. The molecule has 9 nitrogen and oxygen atoms in total. The van der Waals surface area contributed by atoms with Crippen LogP contribution >= 0.6 is 0 Å². The number of nitrogens with zero attached hydrogens (tertiary/aromatic N) is 1. The number of carboxylic acid groups (broad SMARTS) is 1. The molecule has 0 aliphatic heterocycles. The summed E-state index contributed by atoms with van der Waals surface area (Å²) >= 11 is 0. The van der Waals surface area contributed by atoms with Gasteiger partial charge in [0, 0.05) is 11.6 Å². The van der Waals surface area contributed by atoms with Gasteiger partial charge in [0.05, 0.1) is 12.0 Å². The minimum atomic E-state index is -1.11. The molecular formula is C18H15NO8. The Kier molecular flexibility index (Phi) is 6.10. The number of phenols is 1. The second-order valence-corrected chi connectivity index (χ2v) is 5.25. The van der Waals surface area contributed by atoms with Crippen molar-refractivity contribution in [3.8, 4) is 17.2 Å². The van der Waals surface area contributed by atoms with E-state index < -0.39 is 28.9 Å². The Bertz CT molecular complexity index is 902. The van der Waals surface area contributed by atoms with E-state index in [1.165, 1.54) is 49.6 Å². The van der Waals surface area contributed by atoms with Crippen molar-refractivity contribution in [2.75, 3.05) is 13.7 Å². The molecule has 0 aliphatic carbocycles. The zero-order chi connectivity index (χ0) is 20.0. The number of hydrogen-bond donors (Lipinski definition) is 2. The molecule has 0 saturated carbocycles. The molecule has 140 valence electrons. The van der Waals surface area contributed by atoms with Crippen LogP contribution in [0.3, 0.4) is 0 Å². The number of methoxy groups -OCH3 is 1. The maximum absolute atomic E-state index is 12.2. The van der Waals surface area contributed by atoms with E-state index in [0.717, 1.165) is 6.07 Å². The van der Waals surface area contributed by atoms with Crippen molar-refractivity contribution >= 4 is 23.5 Å². The van der Waals surface area contributed by atoms with Crippen LogP contribution in [0.25, 0.3) is 6.08 Å². The van der Waals surface area contributed by atoms with Crippen molar-refractivity contribution in [2.45, 2.75) is 0 Å². The van der Waals surface area contributed by atoms with E-state index in [9.17, 15) is 24.8 Å². The highest BCUT2D eigenvalue weighted by atomic mass is 16.6. The number of carbonyl (C=O) groups is 2. The number of carboxylic acids is 1. The number of nitro groups is 1. The number of carbonyl (C=O) groups excluding carboxylic acids is 1. The first kappa shape index (κ1) is 19.4. The van der Waals surface area contributed by atoms with Crippen LogP contribution in [0, 0.1) is 10.1 Å². The SMILES string of the molecule is COc1cc(/C=C/C(=O)c2ccc(OCC(=O)O)cc2)cc([N+](=O)[O-])c1O. The predicted molar refractivity (Wildman–Crippen MR) is 94.3 cm³/mol. The molecule has 2 N–H and O–H groups in total. The van der Waals surface area contributed by atoms with Crippen LogP contribution in [0.5, 0.6) is 17.2 Å². The van der Waals surface area contributed by atoms with E-state index in [1.807, 2.05) is 0 Å². The highest BCUT2D eigenvalue weighted by molar-refractivity contribution is 6.06. The van der Waals surface area contributed by atoms with E-state index in [-0.39, 0.29) is 11.5 Å². The smallest absolute Gasteiger partial charge is 0.341 e. The normalized spacial score (nSPS) is 10.6. The van der Waals surface area contributed by atoms with Gasteiger partial charge in [0.25, 0.3) is 0 Å². The molecule has 0 saturated heterocycles. The fraction of sp³-hybridized carbons (Fsp3) is 0.111. The molecule has 27 heavy (non-hydrogen) atoms. The van der Waals surface area contributed by atoms with Gasteiger partial charge in [-0.15, -0.1) is 0 Å². The molecule has 2 rings (SSSR count). The van der Waals surface area contributed by atoms with Gasteiger partial charge in [0.1, 0.15) is 5.75 Å². The maximum atomic E-state index is 12.2. The fourth-order valence-electron chi connectivity index (χ4n) is 2.13. The zero-order valence-corrected chi connectivity index (χ0v) is 14.1. The third-order valence-corrected chi connectivity index (χ3v) is 3.42. The van der Waals surface area contributed by atoms with Crippen LogP contribution in [0.2, 0.25) is 0 Å². The molecule has 0 aromatic heterocycles. The minimum Gasteiger partial charge on any atom is -0.500 e. The number of benzene rings is 2. The molecule has 9 heteroatoms. The van der Waals surface area contributed by atoms with Crippen molar-refractivity contribution in [1.29, 1.82) is 0 Å². The third-order valence-electron chi connectivity index (χ3n) is 3.42. The minimum absolute atomic E-state index is 0.0868. The summed E-state index contributed by atoms with van der Waals surface area (Å²) in [6, 6.07) is 8.31. The Morgan fingerprint density at radius 2 is 1.89 bits per heavy atom. The number of aliphatic carboxylic acids is 1. The van der Waals surface area contributed by atoms with E-state index in [2.05, 4.69) is 0 Å². The second-order valence-electron chi connectivity index (χ2n) is 5.25. The summed E-state index contributed by atoms with van der Waals surface area (Å²) in [5, 5.41) is 29.3. The second kappa shape index (κ2) is 8.48. The third kappa shape index (κ3) is 5.05. The molecule has 0 radical (unpaired) electrons. The Morgan fingerprint density at radius 3 is 2.44 bits per heavy atom. The first-order chi connectivity index (χ1) is 12.8. The Hall–Kier alpha value is -3.88. The highest BCUT2D eigenvalue weighted by Crippen LogP contribution is 2.37. The van der Waals surface area contributed by atoms with E-state index in [4.69, 9.17) is 14.6 Å². The lowest BCUT2D eigenvalue weighted by Crippen LogP contribution is -2.09. The monoisotopic (exact) mass is 373 g/mol. The molecule has 0 heterocycles. The molecule has 0 bridgehead atoms. The van der Waals surface area contributed by atoms with Crippen molar-refractivity contribution in [2.24, 2.45) is 0 Å². The van der Waals surface area contributed by atoms with Gasteiger partial charge in [-0.3, -0.25) is 14.9 Å². The number of phenolic OH excluding ortho intramolecular Hbond substituents is 1. The number of allylic oxidation sites excluding steroid dienone is 1. The number of rotatable bonds is 8. The van der Waals surface area contributed by atoms with Crippen LogP contribution in [0.1, 0.15) is 15.9 Å². The number of ketones is 1. The highest BCUT2D eigenvalue weighted by Gasteiger charge is 2.19. The lowest BCUT2D eigenvalue weighted by Gasteiger charge is -2.05. The maximum Gasteiger partial charge on any atom is 0.341 e. The average Bonchev–Trinajstić information content (AvgIpc) is 2.65. The first-order valence-electron chi connectivity index (χ1n) is 7.54. The standard InChI is InChI=1S/C18H15NO8/c1-26-16-9-11(8-14(18(16)23)19(24)25)2-7-15(20)12-3-5-13(6-4-12)27-10-17(21)22/h2-9,23H,10H2,1H3,(H,21,22)/b7-2+. The largest absolute Gasteiger partial charge is 0.500 e. The quantitative estimate of drug-likeness (QED) is 0.312. The van der Waals surface area contributed by atoms with E-state index in [0.29, 0.717) is 16.9 Å². The molecule has 0 amide bonds. The Labute approximate surface area is 153 Å². The van der Waals surface area contributed by atoms with Crippen molar-refractivity contribution in [3.05, 3.63) is 63.7 Å². The summed E-state index contributed by atoms with van der Waals surface area (Å²) < 4.78 is 9.87. The summed E-state index contributed by atoms with van der Waals surface area (Å²) in [6.45, 7) is -0.491. The van der Waals surface area contributed by atoms with Crippen molar-refractivity contribution < 1.29 is 34.2 Å².